The lowest BCUT2D eigenvalue weighted by molar-refractivity contribution is -0.114. The molecule has 2 N–H and O–H groups in total. The number of benzene rings is 2. The first-order valence-electron chi connectivity index (χ1n) is 8.22. The minimum Gasteiger partial charge on any atom is -0.497 e. The molecule has 1 amide bonds. The number of hydrogen-bond donors (Lipinski definition) is 2. The van der Waals surface area contributed by atoms with Crippen LogP contribution in [0.5, 0.6) is 11.5 Å². The van der Waals surface area contributed by atoms with Gasteiger partial charge in [-0.3, -0.25) is 9.89 Å². The number of nitrogens with one attached hydrogen (secondary N) is 2. The quantitative estimate of drug-likeness (QED) is 0.456. The number of H-pyrrole nitrogens is 1. The second kappa shape index (κ2) is 9.45. The summed E-state index contributed by atoms with van der Waals surface area (Å²) in [5.41, 5.74) is 1.01. The Kier molecular flexibility index (Phi) is 6.96. The van der Waals surface area contributed by atoms with Crippen LogP contribution in [-0.4, -0.2) is 36.9 Å². The van der Waals surface area contributed by atoms with Crippen molar-refractivity contribution >= 4 is 69.2 Å². The molecule has 0 radical (unpaired) electrons. The SMILES string of the molecule is COc1ccc(OC)c(N(CC(=O)Nc2cccc(Cl)c2Cl)c2n[nH]c(=S)s2)c1. The summed E-state index contributed by atoms with van der Waals surface area (Å²) in [6.07, 6.45) is 0. The van der Waals surface area contributed by atoms with Crippen LogP contribution in [0.25, 0.3) is 0 Å². The molecule has 0 atom stereocenters. The van der Waals surface area contributed by atoms with Crippen LogP contribution in [0.1, 0.15) is 0 Å². The Bertz CT molecular complexity index is 1090. The summed E-state index contributed by atoms with van der Waals surface area (Å²) in [6.45, 7) is -0.0809. The largest absolute Gasteiger partial charge is 0.497 e. The van der Waals surface area contributed by atoms with Crippen LogP contribution in [0, 0.1) is 3.95 Å². The highest BCUT2D eigenvalue weighted by Crippen LogP contribution is 2.37. The Labute approximate surface area is 186 Å². The number of ether oxygens (including phenoxy) is 2. The van der Waals surface area contributed by atoms with E-state index in [1.165, 1.54) is 11.3 Å². The topological polar surface area (TPSA) is 79.5 Å². The van der Waals surface area contributed by atoms with Crippen molar-refractivity contribution in [1.82, 2.24) is 10.2 Å². The minimum atomic E-state index is -0.333. The second-order valence-electron chi connectivity index (χ2n) is 5.67. The highest BCUT2D eigenvalue weighted by Gasteiger charge is 2.22. The first-order valence-corrected chi connectivity index (χ1v) is 10.2. The molecule has 0 aliphatic carbocycles. The van der Waals surface area contributed by atoms with Gasteiger partial charge in [0, 0.05) is 6.07 Å². The van der Waals surface area contributed by atoms with Gasteiger partial charge in [-0.15, -0.1) is 5.10 Å². The molecule has 0 fully saturated rings. The Morgan fingerprint density at radius 1 is 1.28 bits per heavy atom. The van der Waals surface area contributed by atoms with E-state index >= 15 is 0 Å². The van der Waals surface area contributed by atoms with Crippen molar-refractivity contribution in [2.24, 2.45) is 0 Å². The average Bonchev–Trinajstić information content (AvgIpc) is 3.15. The molecule has 1 aromatic heterocycles. The predicted octanol–water partition coefficient (Wildman–Crippen LogP) is 5.30. The maximum Gasteiger partial charge on any atom is 0.244 e. The summed E-state index contributed by atoms with van der Waals surface area (Å²) in [4.78, 5) is 14.5. The number of nitrogens with zero attached hydrogens (tertiary/aromatic N) is 2. The van der Waals surface area contributed by atoms with Gasteiger partial charge in [0.25, 0.3) is 0 Å². The molecule has 0 aliphatic rings. The van der Waals surface area contributed by atoms with E-state index in [1.807, 2.05) is 0 Å². The molecule has 0 saturated carbocycles. The number of carbonyl (C=O) groups excluding carboxylic acids is 1. The molecule has 3 rings (SSSR count). The van der Waals surface area contributed by atoms with Gasteiger partial charge in [-0.2, -0.15) is 0 Å². The second-order valence-corrected chi connectivity index (χ2v) is 8.10. The monoisotopic (exact) mass is 470 g/mol. The van der Waals surface area contributed by atoms with Crippen molar-refractivity contribution in [2.45, 2.75) is 0 Å². The molecule has 0 aliphatic heterocycles. The van der Waals surface area contributed by atoms with E-state index in [9.17, 15) is 4.79 Å². The number of amides is 1. The van der Waals surface area contributed by atoms with Crippen LogP contribution >= 0.6 is 46.8 Å². The number of methoxy groups -OCH3 is 2. The van der Waals surface area contributed by atoms with Crippen LogP contribution < -0.4 is 19.7 Å². The number of carbonyl (C=O) groups is 1. The van der Waals surface area contributed by atoms with Crippen LogP contribution in [0.3, 0.4) is 0 Å². The number of hydrogen-bond acceptors (Lipinski definition) is 7. The van der Waals surface area contributed by atoms with Gasteiger partial charge in [0.15, 0.2) is 3.95 Å². The zero-order valence-corrected chi connectivity index (χ0v) is 18.5. The Balaban J connectivity index is 1.96. The van der Waals surface area contributed by atoms with E-state index in [0.717, 1.165) is 0 Å². The van der Waals surface area contributed by atoms with Gasteiger partial charge in [-0.25, -0.2) is 0 Å². The zero-order valence-electron chi connectivity index (χ0n) is 15.4. The van der Waals surface area contributed by atoms with E-state index in [-0.39, 0.29) is 17.5 Å². The first-order chi connectivity index (χ1) is 13.9. The van der Waals surface area contributed by atoms with Crippen LogP contribution in [0.4, 0.5) is 16.5 Å². The lowest BCUT2D eigenvalue weighted by Crippen LogP contribution is -2.30. The average molecular weight is 471 g/mol. The highest BCUT2D eigenvalue weighted by molar-refractivity contribution is 7.73. The van der Waals surface area contributed by atoms with E-state index in [1.54, 1.807) is 55.5 Å². The van der Waals surface area contributed by atoms with E-state index in [4.69, 9.17) is 44.9 Å². The van der Waals surface area contributed by atoms with E-state index in [2.05, 4.69) is 15.5 Å². The van der Waals surface area contributed by atoms with Crippen molar-refractivity contribution in [3.05, 3.63) is 50.4 Å². The van der Waals surface area contributed by atoms with Gasteiger partial charge < -0.3 is 19.7 Å². The summed E-state index contributed by atoms with van der Waals surface area (Å²) in [5.74, 6) is 0.809. The molecule has 0 bridgehead atoms. The third kappa shape index (κ3) is 4.99. The summed E-state index contributed by atoms with van der Waals surface area (Å²) in [7, 11) is 3.10. The molecule has 0 unspecified atom stereocenters. The van der Waals surface area contributed by atoms with Crippen molar-refractivity contribution in [3.63, 3.8) is 0 Å². The molecule has 0 spiro atoms. The number of halogens is 2. The van der Waals surface area contributed by atoms with Crippen LogP contribution in [0.2, 0.25) is 10.0 Å². The van der Waals surface area contributed by atoms with Crippen LogP contribution in [-0.2, 0) is 4.79 Å². The van der Waals surface area contributed by atoms with Gasteiger partial charge in [0.1, 0.15) is 18.0 Å². The smallest absolute Gasteiger partial charge is 0.244 e. The lowest BCUT2D eigenvalue weighted by Gasteiger charge is -2.23. The Hall–Kier alpha value is -2.33. The van der Waals surface area contributed by atoms with Gasteiger partial charge in [-0.05, 0) is 36.5 Å². The van der Waals surface area contributed by atoms with Crippen molar-refractivity contribution < 1.29 is 14.3 Å². The Morgan fingerprint density at radius 2 is 2.07 bits per heavy atom. The molecule has 0 saturated heterocycles. The molecule has 29 heavy (non-hydrogen) atoms. The molecule has 7 nitrogen and oxygen atoms in total. The third-order valence-corrected chi connectivity index (χ3v) is 5.79. The number of rotatable bonds is 7. The summed E-state index contributed by atoms with van der Waals surface area (Å²) in [5, 5.41) is 10.8. The molecule has 1 heterocycles. The molecule has 2 aromatic carbocycles. The molecule has 11 heteroatoms. The molecular weight excluding hydrogens is 455 g/mol. The maximum atomic E-state index is 12.8. The van der Waals surface area contributed by atoms with E-state index < -0.39 is 0 Å². The van der Waals surface area contributed by atoms with Crippen molar-refractivity contribution in [2.75, 3.05) is 31.0 Å². The number of anilines is 3. The molecular formula is C18H16Cl2N4O3S2. The zero-order chi connectivity index (χ0) is 21.0. The summed E-state index contributed by atoms with van der Waals surface area (Å²) < 4.78 is 11.3. The van der Waals surface area contributed by atoms with Gasteiger partial charge in [-0.1, -0.05) is 40.6 Å². The third-order valence-electron chi connectivity index (χ3n) is 3.86. The number of aromatic nitrogens is 2. The van der Waals surface area contributed by atoms with Crippen molar-refractivity contribution in [1.29, 1.82) is 0 Å². The normalized spacial score (nSPS) is 10.5. The maximum absolute atomic E-state index is 12.8. The highest BCUT2D eigenvalue weighted by atomic mass is 35.5. The van der Waals surface area contributed by atoms with Crippen molar-refractivity contribution in [3.8, 4) is 11.5 Å². The summed E-state index contributed by atoms with van der Waals surface area (Å²) >= 11 is 18.6. The van der Waals surface area contributed by atoms with E-state index in [0.29, 0.717) is 37.0 Å². The van der Waals surface area contributed by atoms with Gasteiger partial charge in [0.2, 0.25) is 11.0 Å². The fourth-order valence-electron chi connectivity index (χ4n) is 2.53. The molecule has 3 aromatic rings. The lowest BCUT2D eigenvalue weighted by atomic mass is 10.2. The minimum absolute atomic E-state index is 0.0809. The molecule has 152 valence electrons. The van der Waals surface area contributed by atoms with Gasteiger partial charge >= 0.3 is 0 Å². The fraction of sp³-hybridized carbons (Fsp3) is 0.167. The van der Waals surface area contributed by atoms with Crippen LogP contribution in [0.15, 0.2) is 36.4 Å². The Morgan fingerprint density at radius 3 is 2.72 bits per heavy atom. The predicted molar refractivity (Wildman–Crippen MR) is 119 cm³/mol. The fourth-order valence-corrected chi connectivity index (χ4v) is 3.77. The first kappa shape index (κ1) is 21.4. The standard InChI is InChI=1S/C18H16Cl2N4O3S2/c1-26-10-6-7-14(27-2)13(8-10)24(17-22-23-18(28)29-17)9-15(25)21-12-5-3-4-11(19)16(12)20/h3-8H,9H2,1-2H3,(H,21,25)(H,23,28). The summed E-state index contributed by atoms with van der Waals surface area (Å²) in [6, 6.07) is 10.3. The van der Waals surface area contributed by atoms with Gasteiger partial charge in [0.05, 0.1) is 35.6 Å². The number of aromatic amines is 1.